The van der Waals surface area contributed by atoms with E-state index in [2.05, 4.69) is 25.3 Å². The van der Waals surface area contributed by atoms with Gasteiger partial charge in [-0.2, -0.15) is 9.97 Å². The van der Waals surface area contributed by atoms with Crippen LogP contribution in [0, 0.1) is 0 Å². The van der Waals surface area contributed by atoms with Crippen LogP contribution in [0.1, 0.15) is 5.89 Å². The molecule has 0 amide bonds. The van der Waals surface area contributed by atoms with Crippen LogP contribution in [0.2, 0.25) is 5.02 Å². The van der Waals surface area contributed by atoms with Gasteiger partial charge in [-0.3, -0.25) is 18.5 Å². The van der Waals surface area contributed by atoms with E-state index in [1.165, 1.54) is 11.6 Å². The Labute approximate surface area is 186 Å². The molecule has 166 valence electrons. The first-order chi connectivity index (χ1) is 15.4. The average molecular weight is 457 g/mol. The zero-order valence-corrected chi connectivity index (χ0v) is 18.3. The molecule has 4 heterocycles. The Kier molecular flexibility index (Phi) is 5.06. The third kappa shape index (κ3) is 3.39. The van der Waals surface area contributed by atoms with Gasteiger partial charge in [-0.15, -0.1) is 0 Å². The van der Waals surface area contributed by atoms with E-state index in [0.29, 0.717) is 33.8 Å². The molecule has 0 unspecified atom stereocenters. The third-order valence-electron chi connectivity index (χ3n) is 5.59. The standard InChI is InChI=1S/C20H21ClN8O3/c1-26-17-15(18(30)27(2)20(26)31)29(19(24-17)28-9-7-22-8-10-28)11-14-23-16(25-32-14)12-3-5-13(21)6-4-12/h3-6,22H,7-11H2,1-2H3. The summed E-state index contributed by atoms with van der Waals surface area (Å²) < 4.78 is 9.70. The number of nitrogens with one attached hydrogen (secondary N) is 1. The summed E-state index contributed by atoms with van der Waals surface area (Å²) in [7, 11) is 3.06. The van der Waals surface area contributed by atoms with Crippen LogP contribution in [-0.4, -0.2) is 55.0 Å². The maximum Gasteiger partial charge on any atom is 0.332 e. The van der Waals surface area contributed by atoms with Gasteiger partial charge in [0.25, 0.3) is 5.56 Å². The number of aromatic nitrogens is 6. The lowest BCUT2D eigenvalue weighted by atomic mass is 10.2. The van der Waals surface area contributed by atoms with E-state index in [0.717, 1.165) is 36.3 Å². The zero-order chi connectivity index (χ0) is 22.4. The molecular formula is C20H21ClN8O3. The molecule has 0 spiro atoms. The minimum absolute atomic E-state index is 0.143. The third-order valence-corrected chi connectivity index (χ3v) is 5.84. The Bertz CT molecular complexity index is 1410. The maximum absolute atomic E-state index is 13.0. The highest BCUT2D eigenvalue weighted by atomic mass is 35.5. The lowest BCUT2D eigenvalue weighted by molar-refractivity contribution is 0.372. The number of benzene rings is 1. The first-order valence-electron chi connectivity index (χ1n) is 10.1. The quantitative estimate of drug-likeness (QED) is 0.474. The summed E-state index contributed by atoms with van der Waals surface area (Å²) in [6, 6.07) is 7.12. The molecule has 1 aliphatic rings. The predicted molar refractivity (Wildman–Crippen MR) is 119 cm³/mol. The number of imidazole rings is 1. The van der Waals surface area contributed by atoms with Crippen molar-refractivity contribution in [3.05, 3.63) is 56.0 Å². The second-order valence-electron chi connectivity index (χ2n) is 7.63. The minimum atomic E-state index is -0.429. The molecule has 3 aromatic heterocycles. The van der Waals surface area contributed by atoms with E-state index in [1.807, 2.05) is 0 Å². The second kappa shape index (κ2) is 7.92. The van der Waals surface area contributed by atoms with Gasteiger partial charge in [0.15, 0.2) is 11.2 Å². The van der Waals surface area contributed by atoms with Gasteiger partial charge in [-0.25, -0.2) is 4.79 Å². The van der Waals surface area contributed by atoms with Crippen LogP contribution < -0.4 is 21.5 Å². The molecule has 0 atom stereocenters. The molecule has 1 aromatic carbocycles. The summed E-state index contributed by atoms with van der Waals surface area (Å²) >= 11 is 5.96. The summed E-state index contributed by atoms with van der Waals surface area (Å²) in [5, 5.41) is 7.98. The molecule has 0 saturated carbocycles. The number of halogens is 1. The highest BCUT2D eigenvalue weighted by Gasteiger charge is 2.25. The number of hydrogen-bond donors (Lipinski definition) is 1. The molecule has 12 heteroatoms. The number of piperazine rings is 1. The van der Waals surface area contributed by atoms with Crippen LogP contribution in [0.3, 0.4) is 0 Å². The molecule has 32 heavy (non-hydrogen) atoms. The number of rotatable bonds is 4. The van der Waals surface area contributed by atoms with E-state index >= 15 is 0 Å². The normalized spacial score (nSPS) is 14.4. The van der Waals surface area contributed by atoms with E-state index in [9.17, 15) is 9.59 Å². The first-order valence-corrected chi connectivity index (χ1v) is 10.5. The Balaban J connectivity index is 1.63. The monoisotopic (exact) mass is 456 g/mol. The Morgan fingerprint density at radius 2 is 1.78 bits per heavy atom. The van der Waals surface area contributed by atoms with Gasteiger partial charge >= 0.3 is 5.69 Å². The topological polar surface area (TPSA) is 116 Å². The Hall–Kier alpha value is -3.44. The van der Waals surface area contributed by atoms with Gasteiger partial charge in [-0.05, 0) is 24.3 Å². The van der Waals surface area contributed by atoms with Gasteiger partial charge in [-0.1, -0.05) is 16.8 Å². The minimum Gasteiger partial charge on any atom is -0.340 e. The number of aryl methyl sites for hydroxylation is 1. The van der Waals surface area contributed by atoms with Crippen molar-refractivity contribution in [3.63, 3.8) is 0 Å². The van der Waals surface area contributed by atoms with Gasteiger partial charge < -0.3 is 14.7 Å². The van der Waals surface area contributed by atoms with Crippen molar-refractivity contribution in [1.82, 2.24) is 34.1 Å². The van der Waals surface area contributed by atoms with Crippen LogP contribution in [0.25, 0.3) is 22.6 Å². The van der Waals surface area contributed by atoms with E-state index in [1.54, 1.807) is 35.9 Å². The van der Waals surface area contributed by atoms with E-state index in [-0.39, 0.29) is 6.54 Å². The summed E-state index contributed by atoms with van der Waals surface area (Å²) in [6.45, 7) is 3.17. The SMILES string of the molecule is Cn1c(=O)c2c(nc(N3CCNCC3)n2Cc2nc(-c3ccc(Cl)cc3)no2)n(C)c1=O. The smallest absolute Gasteiger partial charge is 0.332 e. The van der Waals surface area contributed by atoms with Crippen molar-refractivity contribution in [2.24, 2.45) is 14.1 Å². The van der Waals surface area contributed by atoms with Crippen molar-refractivity contribution in [2.45, 2.75) is 6.54 Å². The van der Waals surface area contributed by atoms with Crippen LogP contribution in [0.15, 0.2) is 38.4 Å². The summed E-state index contributed by atoms with van der Waals surface area (Å²) in [5.74, 6) is 1.33. The molecule has 0 bridgehead atoms. The first kappa shape index (κ1) is 20.5. The molecule has 1 saturated heterocycles. The second-order valence-corrected chi connectivity index (χ2v) is 8.07. The number of hydrogen-bond acceptors (Lipinski definition) is 8. The molecule has 4 aromatic rings. The van der Waals surface area contributed by atoms with Gasteiger partial charge in [0, 0.05) is 50.9 Å². The maximum atomic E-state index is 13.0. The van der Waals surface area contributed by atoms with Crippen LogP contribution >= 0.6 is 11.6 Å². The highest BCUT2D eigenvalue weighted by Crippen LogP contribution is 2.23. The highest BCUT2D eigenvalue weighted by molar-refractivity contribution is 6.30. The van der Waals surface area contributed by atoms with Crippen molar-refractivity contribution >= 4 is 28.7 Å². The van der Waals surface area contributed by atoms with Crippen molar-refractivity contribution in [2.75, 3.05) is 31.1 Å². The average Bonchev–Trinajstić information content (AvgIpc) is 3.43. The zero-order valence-electron chi connectivity index (χ0n) is 17.6. The molecule has 0 aliphatic carbocycles. The fourth-order valence-electron chi connectivity index (χ4n) is 3.86. The van der Waals surface area contributed by atoms with Crippen LogP contribution in [-0.2, 0) is 20.6 Å². The largest absolute Gasteiger partial charge is 0.340 e. The fourth-order valence-corrected chi connectivity index (χ4v) is 3.99. The van der Waals surface area contributed by atoms with Gasteiger partial charge in [0.05, 0.1) is 0 Å². The number of anilines is 1. The Morgan fingerprint density at radius 3 is 2.50 bits per heavy atom. The molecule has 0 radical (unpaired) electrons. The van der Waals surface area contributed by atoms with Crippen molar-refractivity contribution in [1.29, 1.82) is 0 Å². The lowest BCUT2D eigenvalue weighted by Crippen LogP contribution is -2.44. The summed E-state index contributed by atoms with van der Waals surface area (Å²) in [5.41, 5.74) is 0.551. The number of nitrogens with zero attached hydrogens (tertiary/aromatic N) is 7. The summed E-state index contributed by atoms with van der Waals surface area (Å²) in [4.78, 5) is 36.7. The molecule has 11 nitrogen and oxygen atoms in total. The fraction of sp³-hybridized carbons (Fsp3) is 0.350. The molecule has 1 fully saturated rings. The molecule has 1 N–H and O–H groups in total. The van der Waals surface area contributed by atoms with E-state index in [4.69, 9.17) is 16.1 Å². The van der Waals surface area contributed by atoms with Gasteiger partial charge in [0.2, 0.25) is 17.7 Å². The van der Waals surface area contributed by atoms with Gasteiger partial charge in [0.1, 0.15) is 6.54 Å². The molecule has 1 aliphatic heterocycles. The predicted octanol–water partition coefficient (Wildman–Crippen LogP) is 0.595. The summed E-state index contributed by atoms with van der Waals surface area (Å²) in [6.07, 6.45) is 0. The lowest BCUT2D eigenvalue weighted by Gasteiger charge is -2.28. The van der Waals surface area contributed by atoms with E-state index < -0.39 is 11.2 Å². The molecular weight excluding hydrogens is 436 g/mol. The van der Waals surface area contributed by atoms with Crippen molar-refractivity contribution < 1.29 is 4.52 Å². The van der Waals surface area contributed by atoms with Crippen LogP contribution in [0.4, 0.5) is 5.95 Å². The Morgan fingerprint density at radius 1 is 1.06 bits per heavy atom. The van der Waals surface area contributed by atoms with Crippen LogP contribution in [0.5, 0.6) is 0 Å². The molecule has 5 rings (SSSR count). The number of fused-ring (bicyclic) bond motifs is 1. The van der Waals surface area contributed by atoms with Crippen molar-refractivity contribution in [3.8, 4) is 11.4 Å².